The minimum Gasteiger partial charge on any atom is -0.497 e. The fourth-order valence-corrected chi connectivity index (χ4v) is 3.05. The number of fused-ring (bicyclic) bond motifs is 1. The normalized spacial score (nSPS) is 11.1. The molecule has 4 rings (SSSR count). The first-order valence-corrected chi connectivity index (χ1v) is 9.30. The molecular formula is C25H20O4. The maximum absolute atomic E-state index is 12.5. The molecular weight excluding hydrogens is 364 g/mol. The Morgan fingerprint density at radius 2 is 1.66 bits per heavy atom. The van der Waals surface area contributed by atoms with Gasteiger partial charge >= 0.3 is 5.63 Å². The second-order valence-corrected chi connectivity index (χ2v) is 6.50. The number of rotatable bonds is 6. The van der Waals surface area contributed by atoms with Crippen molar-refractivity contribution in [3.05, 3.63) is 101 Å². The molecule has 0 atom stereocenters. The molecule has 3 aromatic carbocycles. The van der Waals surface area contributed by atoms with Crippen LogP contribution in [0.3, 0.4) is 0 Å². The van der Waals surface area contributed by atoms with Crippen molar-refractivity contribution in [1.29, 1.82) is 0 Å². The third-order valence-corrected chi connectivity index (χ3v) is 4.56. The lowest BCUT2D eigenvalue weighted by atomic mass is 10.1. The molecule has 1 aromatic heterocycles. The highest BCUT2D eigenvalue weighted by molar-refractivity contribution is 5.82. The summed E-state index contributed by atoms with van der Waals surface area (Å²) in [5.74, 6) is 1.39. The van der Waals surface area contributed by atoms with Crippen molar-refractivity contribution in [2.45, 2.75) is 0 Å². The van der Waals surface area contributed by atoms with E-state index in [9.17, 15) is 4.79 Å². The lowest BCUT2D eigenvalue weighted by Crippen LogP contribution is -2.03. The molecule has 0 unspecified atom stereocenters. The minimum atomic E-state index is -0.385. The van der Waals surface area contributed by atoms with E-state index in [4.69, 9.17) is 13.9 Å². The fourth-order valence-electron chi connectivity index (χ4n) is 3.05. The second kappa shape index (κ2) is 8.48. The van der Waals surface area contributed by atoms with Crippen molar-refractivity contribution < 1.29 is 13.9 Å². The zero-order valence-corrected chi connectivity index (χ0v) is 16.0. The highest BCUT2D eigenvalue weighted by atomic mass is 16.5. The molecule has 0 bridgehead atoms. The highest BCUT2D eigenvalue weighted by Gasteiger charge is 2.09. The van der Waals surface area contributed by atoms with Crippen LogP contribution in [0.15, 0.2) is 94.2 Å². The fraction of sp³-hybridized carbons (Fsp3) is 0.0800. The summed E-state index contributed by atoms with van der Waals surface area (Å²) in [5, 5.41) is 0.836. The Hall–Kier alpha value is -3.79. The lowest BCUT2D eigenvalue weighted by molar-refractivity contribution is 0.363. The van der Waals surface area contributed by atoms with Gasteiger partial charge in [0.25, 0.3) is 0 Å². The number of hydrogen-bond acceptors (Lipinski definition) is 4. The van der Waals surface area contributed by atoms with Crippen molar-refractivity contribution in [2.24, 2.45) is 0 Å². The molecule has 0 aliphatic rings. The number of ether oxygens (including phenoxy) is 2. The first-order chi connectivity index (χ1) is 14.2. The van der Waals surface area contributed by atoms with Crippen LogP contribution in [0.2, 0.25) is 0 Å². The third kappa shape index (κ3) is 4.38. The topological polar surface area (TPSA) is 48.7 Å². The van der Waals surface area contributed by atoms with Gasteiger partial charge in [-0.15, -0.1) is 0 Å². The molecule has 4 nitrogen and oxygen atoms in total. The van der Waals surface area contributed by atoms with Gasteiger partial charge in [0.15, 0.2) is 0 Å². The van der Waals surface area contributed by atoms with Crippen molar-refractivity contribution in [3.8, 4) is 22.6 Å². The highest BCUT2D eigenvalue weighted by Crippen LogP contribution is 2.25. The molecule has 4 aromatic rings. The Bertz CT molecular complexity index is 1190. The first kappa shape index (κ1) is 18.6. The molecule has 0 amide bonds. The maximum Gasteiger partial charge on any atom is 0.344 e. The third-order valence-electron chi connectivity index (χ3n) is 4.56. The Balaban J connectivity index is 1.52. The Labute approximate surface area is 168 Å². The SMILES string of the molecule is COc1ccc(-c2cc3ccc(OC/C=C/c4ccccc4)cc3oc2=O)cc1. The molecule has 0 aliphatic heterocycles. The van der Waals surface area contributed by atoms with E-state index in [0.717, 1.165) is 22.3 Å². The molecule has 1 heterocycles. The first-order valence-electron chi connectivity index (χ1n) is 9.30. The van der Waals surface area contributed by atoms with E-state index in [2.05, 4.69) is 0 Å². The van der Waals surface area contributed by atoms with Crippen molar-refractivity contribution in [2.75, 3.05) is 13.7 Å². The maximum atomic E-state index is 12.5. The summed E-state index contributed by atoms with van der Waals surface area (Å²) in [6.45, 7) is 0.425. The van der Waals surface area contributed by atoms with Gasteiger partial charge in [-0.3, -0.25) is 0 Å². The summed E-state index contributed by atoms with van der Waals surface area (Å²) in [4.78, 5) is 12.5. The summed E-state index contributed by atoms with van der Waals surface area (Å²) in [5.41, 5.74) is 2.53. The van der Waals surface area contributed by atoms with E-state index < -0.39 is 0 Å². The van der Waals surface area contributed by atoms with Gasteiger partial charge in [0, 0.05) is 11.5 Å². The van der Waals surface area contributed by atoms with Crippen LogP contribution in [0, 0.1) is 0 Å². The zero-order valence-electron chi connectivity index (χ0n) is 16.0. The van der Waals surface area contributed by atoms with E-state index in [1.165, 1.54) is 0 Å². The van der Waals surface area contributed by atoms with Gasteiger partial charge in [0.2, 0.25) is 0 Å². The summed E-state index contributed by atoms with van der Waals surface area (Å²) >= 11 is 0. The zero-order chi connectivity index (χ0) is 20.1. The summed E-state index contributed by atoms with van der Waals surface area (Å²) in [6, 6.07) is 24.7. The van der Waals surface area contributed by atoms with E-state index >= 15 is 0 Å². The van der Waals surface area contributed by atoms with E-state index in [-0.39, 0.29) is 5.63 Å². The summed E-state index contributed by atoms with van der Waals surface area (Å²) in [7, 11) is 1.61. The van der Waals surface area contributed by atoms with Crippen LogP contribution in [-0.4, -0.2) is 13.7 Å². The second-order valence-electron chi connectivity index (χ2n) is 6.50. The standard InChI is InChI=1S/C25H20O4/c1-27-21-12-9-19(10-13-21)23-16-20-11-14-22(17-24(20)29-25(23)26)28-15-5-8-18-6-3-2-4-7-18/h2-14,16-17H,15H2,1H3/b8-5+. The average Bonchev–Trinajstić information content (AvgIpc) is 2.77. The molecule has 4 heteroatoms. The van der Waals surface area contributed by atoms with Gasteiger partial charge < -0.3 is 13.9 Å². The predicted octanol–water partition coefficient (Wildman–Crippen LogP) is 5.56. The Morgan fingerprint density at radius 3 is 2.41 bits per heavy atom. The molecule has 0 N–H and O–H groups in total. The van der Waals surface area contributed by atoms with Crippen molar-refractivity contribution in [1.82, 2.24) is 0 Å². The van der Waals surface area contributed by atoms with Crippen molar-refractivity contribution in [3.63, 3.8) is 0 Å². The van der Waals surface area contributed by atoms with E-state index in [1.807, 2.05) is 84.9 Å². The number of benzene rings is 3. The van der Waals surface area contributed by atoms with Crippen LogP contribution in [0.5, 0.6) is 11.5 Å². The Morgan fingerprint density at radius 1 is 0.897 bits per heavy atom. The van der Waals surface area contributed by atoms with Gasteiger partial charge in [-0.2, -0.15) is 0 Å². The summed E-state index contributed by atoms with van der Waals surface area (Å²) < 4.78 is 16.5. The van der Waals surface area contributed by atoms with Crippen LogP contribution >= 0.6 is 0 Å². The molecule has 0 saturated carbocycles. The van der Waals surface area contributed by atoms with Gasteiger partial charge in [-0.25, -0.2) is 4.79 Å². The smallest absolute Gasteiger partial charge is 0.344 e. The number of hydrogen-bond donors (Lipinski definition) is 0. The Kier molecular flexibility index (Phi) is 5.43. The van der Waals surface area contributed by atoms with Gasteiger partial charge in [0.1, 0.15) is 23.7 Å². The predicted molar refractivity (Wildman–Crippen MR) is 115 cm³/mol. The summed E-state index contributed by atoms with van der Waals surface area (Å²) in [6.07, 6.45) is 3.95. The molecule has 29 heavy (non-hydrogen) atoms. The average molecular weight is 384 g/mol. The molecule has 0 spiro atoms. The molecule has 0 saturated heterocycles. The van der Waals surface area contributed by atoms with Crippen LogP contribution in [-0.2, 0) is 0 Å². The van der Waals surface area contributed by atoms with Crippen LogP contribution in [0.25, 0.3) is 28.2 Å². The van der Waals surface area contributed by atoms with Crippen molar-refractivity contribution >= 4 is 17.0 Å². The largest absolute Gasteiger partial charge is 0.497 e. The quantitative estimate of drug-likeness (QED) is 0.408. The minimum absolute atomic E-state index is 0.385. The molecule has 144 valence electrons. The molecule has 0 radical (unpaired) electrons. The number of methoxy groups -OCH3 is 1. The molecule has 0 fully saturated rings. The van der Waals surface area contributed by atoms with Gasteiger partial charge in [-0.1, -0.05) is 48.5 Å². The van der Waals surface area contributed by atoms with Crippen LogP contribution in [0.1, 0.15) is 5.56 Å². The van der Waals surface area contributed by atoms with E-state index in [1.54, 1.807) is 13.2 Å². The monoisotopic (exact) mass is 384 g/mol. The van der Waals surface area contributed by atoms with E-state index in [0.29, 0.717) is 23.5 Å². The van der Waals surface area contributed by atoms with Gasteiger partial charge in [0.05, 0.1) is 12.7 Å². The van der Waals surface area contributed by atoms with Gasteiger partial charge in [-0.05, 0) is 47.5 Å². The van der Waals surface area contributed by atoms with Crippen LogP contribution < -0.4 is 15.1 Å². The lowest BCUT2D eigenvalue weighted by Gasteiger charge is -2.06. The molecule has 0 aliphatic carbocycles. The van der Waals surface area contributed by atoms with Crippen LogP contribution in [0.4, 0.5) is 0 Å².